The fraction of sp³-hybridized carbons (Fsp3) is 0.267. The van der Waals surface area contributed by atoms with E-state index in [2.05, 4.69) is 36.9 Å². The number of anilines is 2. The van der Waals surface area contributed by atoms with E-state index in [1.807, 2.05) is 25.3 Å². The van der Waals surface area contributed by atoms with E-state index in [1.165, 1.54) is 0 Å². The van der Waals surface area contributed by atoms with Crippen molar-refractivity contribution in [2.24, 2.45) is 0 Å². The van der Waals surface area contributed by atoms with Gasteiger partial charge in [-0.25, -0.2) is 4.98 Å². The van der Waals surface area contributed by atoms with Crippen molar-refractivity contribution in [3.8, 4) is 6.07 Å². The Balaban J connectivity index is 2.32. The summed E-state index contributed by atoms with van der Waals surface area (Å²) in [4.78, 5) is 10.6. The third-order valence-electron chi connectivity index (χ3n) is 3.17. The molecule has 6 heteroatoms. The summed E-state index contributed by atoms with van der Waals surface area (Å²) in [5.74, 6) is 0.792. The monoisotopic (exact) mass is 345 g/mol. The Labute approximate surface area is 132 Å². The van der Waals surface area contributed by atoms with Gasteiger partial charge in [0.1, 0.15) is 5.82 Å². The Morgan fingerprint density at radius 3 is 2.90 bits per heavy atom. The number of hydrogen-bond acceptors (Lipinski definition) is 5. The minimum Gasteiger partial charge on any atom is -0.397 e. The van der Waals surface area contributed by atoms with Gasteiger partial charge in [0.05, 0.1) is 28.8 Å². The third-order valence-corrected chi connectivity index (χ3v) is 4.12. The van der Waals surface area contributed by atoms with Crippen LogP contribution in [0.4, 0.5) is 11.5 Å². The first-order valence-electron chi connectivity index (χ1n) is 6.55. The summed E-state index contributed by atoms with van der Waals surface area (Å²) in [5, 5.41) is 8.86. The molecule has 0 spiro atoms. The largest absolute Gasteiger partial charge is 0.397 e. The predicted octanol–water partition coefficient (Wildman–Crippen LogP) is 3.05. The van der Waals surface area contributed by atoms with Crippen LogP contribution < -0.4 is 10.6 Å². The molecule has 0 atom stereocenters. The molecule has 0 unspecified atom stereocenters. The lowest BCUT2D eigenvalue weighted by Gasteiger charge is -2.24. The molecule has 2 rings (SSSR count). The summed E-state index contributed by atoms with van der Waals surface area (Å²) >= 11 is 3.55. The molecule has 2 N–H and O–H groups in total. The number of nitrogens with two attached hydrogens (primary N) is 1. The van der Waals surface area contributed by atoms with Crippen LogP contribution in [-0.4, -0.2) is 16.5 Å². The van der Waals surface area contributed by atoms with Crippen molar-refractivity contribution in [2.75, 3.05) is 17.2 Å². The van der Waals surface area contributed by atoms with Crippen LogP contribution in [0.5, 0.6) is 0 Å². The number of nitrogens with zero attached hydrogens (tertiary/aromatic N) is 4. The van der Waals surface area contributed by atoms with E-state index in [-0.39, 0.29) is 0 Å². The molecule has 0 aliphatic carbocycles. The van der Waals surface area contributed by atoms with Crippen LogP contribution in [0.15, 0.2) is 35.2 Å². The molecule has 2 aromatic heterocycles. The third kappa shape index (κ3) is 3.70. The lowest BCUT2D eigenvalue weighted by atomic mass is 10.2. The normalized spacial score (nSPS) is 10.1. The number of pyridine rings is 2. The Bertz CT molecular complexity index is 651. The molecular weight excluding hydrogens is 330 g/mol. The first kappa shape index (κ1) is 15.3. The van der Waals surface area contributed by atoms with Gasteiger partial charge in [-0.1, -0.05) is 6.07 Å². The number of halogens is 1. The van der Waals surface area contributed by atoms with Crippen molar-refractivity contribution in [1.29, 1.82) is 5.26 Å². The molecule has 0 radical (unpaired) electrons. The van der Waals surface area contributed by atoms with Gasteiger partial charge in [-0.05, 0) is 40.0 Å². The standard InChI is InChI=1S/C15H16BrN5/c1-11-13(18)9-20-15(14(11)16)21(7-3-5-17)10-12-4-2-6-19-8-12/h2,4,6,8-9H,3,7,10,18H2,1H3. The maximum absolute atomic E-state index is 8.86. The summed E-state index contributed by atoms with van der Waals surface area (Å²) in [6.07, 6.45) is 5.64. The zero-order chi connectivity index (χ0) is 15.2. The summed E-state index contributed by atoms with van der Waals surface area (Å²) in [5.41, 5.74) is 8.53. The second-order valence-electron chi connectivity index (χ2n) is 4.67. The van der Waals surface area contributed by atoms with Crippen LogP contribution in [0.3, 0.4) is 0 Å². The van der Waals surface area contributed by atoms with Crippen LogP contribution in [0.2, 0.25) is 0 Å². The van der Waals surface area contributed by atoms with Gasteiger partial charge >= 0.3 is 0 Å². The predicted molar refractivity (Wildman–Crippen MR) is 86.6 cm³/mol. The number of nitriles is 1. The molecule has 5 nitrogen and oxygen atoms in total. The minimum atomic E-state index is 0.428. The highest BCUT2D eigenvalue weighted by Gasteiger charge is 2.15. The first-order chi connectivity index (χ1) is 10.1. The number of nitrogen functional groups attached to an aromatic ring is 1. The molecule has 21 heavy (non-hydrogen) atoms. The molecule has 0 fully saturated rings. The Morgan fingerprint density at radius 1 is 1.43 bits per heavy atom. The quantitative estimate of drug-likeness (QED) is 0.900. The van der Waals surface area contributed by atoms with Crippen molar-refractivity contribution in [1.82, 2.24) is 9.97 Å². The fourth-order valence-corrected chi connectivity index (χ4v) is 2.54. The highest BCUT2D eigenvalue weighted by molar-refractivity contribution is 9.10. The topological polar surface area (TPSA) is 78.8 Å². The Morgan fingerprint density at radius 2 is 2.24 bits per heavy atom. The van der Waals surface area contributed by atoms with Crippen LogP contribution in [-0.2, 0) is 6.54 Å². The van der Waals surface area contributed by atoms with Gasteiger partial charge in [0, 0.05) is 25.5 Å². The van der Waals surface area contributed by atoms with Crippen molar-refractivity contribution >= 4 is 27.4 Å². The summed E-state index contributed by atoms with van der Waals surface area (Å²) < 4.78 is 0.865. The first-order valence-corrected chi connectivity index (χ1v) is 7.34. The molecule has 0 aliphatic heterocycles. The Hall–Kier alpha value is -2.13. The van der Waals surface area contributed by atoms with Crippen molar-refractivity contribution in [2.45, 2.75) is 19.9 Å². The molecule has 0 saturated heterocycles. The van der Waals surface area contributed by atoms with E-state index in [0.29, 0.717) is 25.2 Å². The molecule has 0 bridgehead atoms. The maximum atomic E-state index is 8.86. The van der Waals surface area contributed by atoms with E-state index in [1.54, 1.807) is 12.4 Å². The lowest BCUT2D eigenvalue weighted by molar-refractivity contribution is 0.777. The fourth-order valence-electron chi connectivity index (χ4n) is 1.96. The molecule has 0 aliphatic rings. The van der Waals surface area contributed by atoms with E-state index in [0.717, 1.165) is 21.4 Å². The van der Waals surface area contributed by atoms with E-state index in [4.69, 9.17) is 11.0 Å². The van der Waals surface area contributed by atoms with Gasteiger partial charge in [0.15, 0.2) is 0 Å². The van der Waals surface area contributed by atoms with Crippen LogP contribution in [0.25, 0.3) is 0 Å². The van der Waals surface area contributed by atoms with Crippen LogP contribution >= 0.6 is 15.9 Å². The average Bonchev–Trinajstić information content (AvgIpc) is 2.51. The summed E-state index contributed by atoms with van der Waals surface area (Å²) in [7, 11) is 0. The van der Waals surface area contributed by atoms with Gasteiger partial charge in [-0.3, -0.25) is 4.98 Å². The highest BCUT2D eigenvalue weighted by atomic mass is 79.9. The number of rotatable bonds is 5. The van der Waals surface area contributed by atoms with Gasteiger partial charge in [-0.15, -0.1) is 0 Å². The maximum Gasteiger partial charge on any atom is 0.143 e. The second kappa shape index (κ2) is 7.04. The van der Waals surface area contributed by atoms with E-state index in [9.17, 15) is 0 Å². The lowest BCUT2D eigenvalue weighted by Crippen LogP contribution is -2.25. The molecular formula is C15H16BrN5. The van der Waals surface area contributed by atoms with Crippen molar-refractivity contribution in [3.63, 3.8) is 0 Å². The van der Waals surface area contributed by atoms with Crippen molar-refractivity contribution in [3.05, 3.63) is 46.3 Å². The summed E-state index contributed by atoms with van der Waals surface area (Å²) in [6.45, 7) is 3.18. The average molecular weight is 346 g/mol. The zero-order valence-electron chi connectivity index (χ0n) is 11.8. The highest BCUT2D eigenvalue weighted by Crippen LogP contribution is 2.31. The van der Waals surface area contributed by atoms with Crippen molar-refractivity contribution < 1.29 is 0 Å². The number of aromatic nitrogens is 2. The second-order valence-corrected chi connectivity index (χ2v) is 5.46. The van der Waals surface area contributed by atoms with E-state index >= 15 is 0 Å². The minimum absolute atomic E-state index is 0.428. The molecule has 2 aromatic rings. The molecule has 0 saturated carbocycles. The van der Waals surface area contributed by atoms with Gasteiger partial charge in [-0.2, -0.15) is 5.26 Å². The Kier molecular flexibility index (Phi) is 5.12. The molecule has 0 aromatic carbocycles. The van der Waals surface area contributed by atoms with E-state index < -0.39 is 0 Å². The molecule has 108 valence electrons. The van der Waals surface area contributed by atoms with Gasteiger partial charge < -0.3 is 10.6 Å². The smallest absolute Gasteiger partial charge is 0.143 e. The molecule has 0 amide bonds. The van der Waals surface area contributed by atoms with Gasteiger partial charge in [0.25, 0.3) is 0 Å². The van der Waals surface area contributed by atoms with Crippen LogP contribution in [0, 0.1) is 18.3 Å². The SMILES string of the molecule is Cc1c(N)cnc(N(CCC#N)Cc2cccnc2)c1Br. The van der Waals surface area contributed by atoms with Gasteiger partial charge in [0.2, 0.25) is 0 Å². The number of hydrogen-bond donors (Lipinski definition) is 1. The van der Waals surface area contributed by atoms with Crippen LogP contribution in [0.1, 0.15) is 17.5 Å². The zero-order valence-corrected chi connectivity index (χ0v) is 13.3. The molecule has 2 heterocycles. The summed E-state index contributed by atoms with van der Waals surface area (Å²) in [6, 6.07) is 6.08.